The van der Waals surface area contributed by atoms with Crippen molar-refractivity contribution in [3.63, 3.8) is 0 Å². The third-order valence-corrected chi connectivity index (χ3v) is 2.42. The summed E-state index contributed by atoms with van der Waals surface area (Å²) >= 11 is 0. The maximum Gasteiger partial charge on any atom is 0.326 e. The molecule has 0 aromatic heterocycles. The van der Waals surface area contributed by atoms with Gasteiger partial charge < -0.3 is 15.5 Å². The molecule has 0 saturated heterocycles. The number of hydrogen-bond acceptors (Lipinski definition) is 3. The van der Waals surface area contributed by atoms with E-state index >= 15 is 0 Å². The van der Waals surface area contributed by atoms with Gasteiger partial charge in [-0.05, 0) is 24.5 Å². The van der Waals surface area contributed by atoms with Gasteiger partial charge in [0.1, 0.15) is 11.8 Å². The highest BCUT2D eigenvalue weighted by Crippen LogP contribution is 2.28. The summed E-state index contributed by atoms with van der Waals surface area (Å²) < 4.78 is 0. The van der Waals surface area contributed by atoms with Gasteiger partial charge >= 0.3 is 5.97 Å². The summed E-state index contributed by atoms with van der Waals surface area (Å²) in [4.78, 5) is 10.7. The number of hydrogen-bond donors (Lipinski definition) is 3. The van der Waals surface area contributed by atoms with Crippen molar-refractivity contribution in [1.29, 1.82) is 0 Å². The molecule has 0 saturated carbocycles. The third-order valence-electron chi connectivity index (χ3n) is 2.42. The number of phenols is 1. The molecule has 1 aromatic carbocycles. The molecule has 14 heavy (non-hydrogen) atoms. The second-order valence-electron chi connectivity index (χ2n) is 3.42. The van der Waals surface area contributed by atoms with Crippen LogP contribution in [0.3, 0.4) is 0 Å². The number of phenolic OH excluding ortho intramolecular Hbond substituents is 1. The molecule has 4 nitrogen and oxygen atoms in total. The van der Waals surface area contributed by atoms with Crippen LogP contribution in [0.5, 0.6) is 5.75 Å². The maximum absolute atomic E-state index is 10.7. The van der Waals surface area contributed by atoms with E-state index in [0.717, 1.165) is 17.7 Å². The van der Waals surface area contributed by atoms with E-state index in [1.807, 2.05) is 6.07 Å². The van der Waals surface area contributed by atoms with E-state index in [4.69, 9.17) is 5.11 Å². The van der Waals surface area contributed by atoms with Gasteiger partial charge in [-0.25, -0.2) is 4.79 Å². The average Bonchev–Trinajstić information content (AvgIpc) is 2.16. The van der Waals surface area contributed by atoms with Gasteiger partial charge in [0.25, 0.3) is 0 Å². The summed E-state index contributed by atoms with van der Waals surface area (Å²) in [7, 11) is 0. The SMILES string of the molecule is O=C(O)[C@@H]1CCc2ccc(O)cc2N1. The standard InChI is InChI=1S/C10H11NO3/c12-7-3-1-6-2-4-8(10(13)14)11-9(6)5-7/h1,3,5,8,11-12H,2,4H2,(H,13,14)/t8-/m0/s1. The van der Waals surface area contributed by atoms with E-state index in [2.05, 4.69) is 5.32 Å². The summed E-state index contributed by atoms with van der Waals surface area (Å²) in [5, 5.41) is 20.9. The highest BCUT2D eigenvalue weighted by molar-refractivity contribution is 5.79. The average molecular weight is 193 g/mol. The van der Waals surface area contributed by atoms with Crippen LogP contribution in [-0.4, -0.2) is 22.2 Å². The van der Waals surface area contributed by atoms with Gasteiger partial charge in [-0.2, -0.15) is 0 Å². The Labute approximate surface area is 81.2 Å². The zero-order chi connectivity index (χ0) is 10.1. The van der Waals surface area contributed by atoms with Crippen molar-refractivity contribution < 1.29 is 15.0 Å². The molecule has 1 heterocycles. The van der Waals surface area contributed by atoms with E-state index < -0.39 is 12.0 Å². The Morgan fingerprint density at radius 2 is 2.29 bits per heavy atom. The van der Waals surface area contributed by atoms with E-state index in [0.29, 0.717) is 6.42 Å². The Morgan fingerprint density at radius 1 is 1.50 bits per heavy atom. The normalized spacial score (nSPS) is 19.6. The fourth-order valence-electron chi connectivity index (χ4n) is 1.66. The third kappa shape index (κ3) is 1.51. The van der Waals surface area contributed by atoms with E-state index in [9.17, 15) is 9.90 Å². The number of aryl methyl sites for hydroxylation is 1. The molecule has 4 heteroatoms. The molecule has 74 valence electrons. The minimum absolute atomic E-state index is 0.155. The number of carboxylic acids is 1. The van der Waals surface area contributed by atoms with Gasteiger partial charge in [0.15, 0.2) is 0 Å². The number of rotatable bonds is 1. The van der Waals surface area contributed by atoms with Crippen molar-refractivity contribution in [2.24, 2.45) is 0 Å². The van der Waals surface area contributed by atoms with Crippen molar-refractivity contribution in [1.82, 2.24) is 0 Å². The van der Waals surface area contributed by atoms with Gasteiger partial charge in [0.05, 0.1) is 0 Å². The minimum Gasteiger partial charge on any atom is -0.508 e. The lowest BCUT2D eigenvalue weighted by Gasteiger charge is -2.23. The number of carbonyl (C=O) groups is 1. The Balaban J connectivity index is 2.29. The van der Waals surface area contributed by atoms with Crippen LogP contribution in [0, 0.1) is 0 Å². The first-order valence-electron chi connectivity index (χ1n) is 4.48. The Bertz CT molecular complexity index is 376. The van der Waals surface area contributed by atoms with Crippen LogP contribution < -0.4 is 5.32 Å². The molecule has 1 aliphatic rings. The number of aliphatic carboxylic acids is 1. The van der Waals surface area contributed by atoms with Crippen molar-refractivity contribution in [3.8, 4) is 5.75 Å². The molecule has 0 bridgehead atoms. The predicted octanol–water partition coefficient (Wildman–Crippen LogP) is 1.20. The molecule has 0 aliphatic carbocycles. The number of fused-ring (bicyclic) bond motifs is 1. The zero-order valence-corrected chi connectivity index (χ0v) is 7.53. The first-order chi connectivity index (χ1) is 6.66. The highest BCUT2D eigenvalue weighted by Gasteiger charge is 2.23. The number of nitrogens with one attached hydrogen (secondary N) is 1. The van der Waals surface area contributed by atoms with Gasteiger partial charge in [0, 0.05) is 11.8 Å². The fraction of sp³-hybridized carbons (Fsp3) is 0.300. The molecule has 0 unspecified atom stereocenters. The van der Waals surface area contributed by atoms with Gasteiger partial charge in [-0.15, -0.1) is 0 Å². The van der Waals surface area contributed by atoms with Gasteiger partial charge in [-0.3, -0.25) is 0 Å². The number of anilines is 1. The fourth-order valence-corrected chi connectivity index (χ4v) is 1.66. The molecule has 0 amide bonds. The molecule has 0 spiro atoms. The molecule has 0 fully saturated rings. The first kappa shape index (κ1) is 8.87. The van der Waals surface area contributed by atoms with Crippen LogP contribution in [-0.2, 0) is 11.2 Å². The largest absolute Gasteiger partial charge is 0.508 e. The summed E-state index contributed by atoms with van der Waals surface area (Å²) in [5.74, 6) is -0.693. The number of aromatic hydroxyl groups is 1. The minimum atomic E-state index is -0.848. The maximum atomic E-state index is 10.7. The molecule has 1 atom stereocenters. The Kier molecular flexibility index (Phi) is 2.04. The van der Waals surface area contributed by atoms with Crippen LogP contribution in [0.15, 0.2) is 18.2 Å². The van der Waals surface area contributed by atoms with E-state index in [1.165, 1.54) is 0 Å². The molecule has 2 rings (SSSR count). The second-order valence-corrected chi connectivity index (χ2v) is 3.42. The lowest BCUT2D eigenvalue weighted by atomic mass is 9.98. The molecule has 0 radical (unpaired) electrons. The molecular weight excluding hydrogens is 182 g/mol. The molecule has 1 aromatic rings. The topological polar surface area (TPSA) is 69.6 Å². The van der Waals surface area contributed by atoms with Crippen molar-refractivity contribution in [2.45, 2.75) is 18.9 Å². The lowest BCUT2D eigenvalue weighted by molar-refractivity contribution is -0.138. The zero-order valence-electron chi connectivity index (χ0n) is 7.53. The van der Waals surface area contributed by atoms with Crippen LogP contribution >= 0.6 is 0 Å². The quantitative estimate of drug-likeness (QED) is 0.626. The molecular formula is C10H11NO3. The number of benzene rings is 1. The van der Waals surface area contributed by atoms with Crippen LogP contribution in [0.25, 0.3) is 0 Å². The molecule has 1 aliphatic heterocycles. The van der Waals surface area contributed by atoms with Crippen molar-refractivity contribution in [2.75, 3.05) is 5.32 Å². The molecule has 3 N–H and O–H groups in total. The number of carboxylic acid groups (broad SMARTS) is 1. The Hall–Kier alpha value is -1.71. The highest BCUT2D eigenvalue weighted by atomic mass is 16.4. The van der Waals surface area contributed by atoms with Crippen molar-refractivity contribution >= 4 is 11.7 Å². The van der Waals surface area contributed by atoms with Crippen LogP contribution in [0.4, 0.5) is 5.69 Å². The Morgan fingerprint density at radius 3 is 3.00 bits per heavy atom. The van der Waals surface area contributed by atoms with E-state index in [-0.39, 0.29) is 5.75 Å². The lowest BCUT2D eigenvalue weighted by Crippen LogP contribution is -2.33. The van der Waals surface area contributed by atoms with Gasteiger partial charge in [0.2, 0.25) is 0 Å². The van der Waals surface area contributed by atoms with Crippen molar-refractivity contribution in [3.05, 3.63) is 23.8 Å². The van der Waals surface area contributed by atoms with Crippen LogP contribution in [0.1, 0.15) is 12.0 Å². The second kappa shape index (κ2) is 3.21. The summed E-state index contributed by atoms with van der Waals surface area (Å²) in [5.41, 5.74) is 1.78. The first-order valence-corrected chi connectivity index (χ1v) is 4.48. The van der Waals surface area contributed by atoms with Gasteiger partial charge in [-0.1, -0.05) is 6.07 Å². The van der Waals surface area contributed by atoms with Crippen LogP contribution in [0.2, 0.25) is 0 Å². The smallest absolute Gasteiger partial charge is 0.326 e. The van der Waals surface area contributed by atoms with E-state index in [1.54, 1.807) is 12.1 Å². The summed E-state index contributed by atoms with van der Waals surface area (Å²) in [6.45, 7) is 0. The monoisotopic (exact) mass is 193 g/mol. The summed E-state index contributed by atoms with van der Waals surface area (Å²) in [6.07, 6.45) is 1.33. The summed E-state index contributed by atoms with van der Waals surface area (Å²) in [6, 6.07) is 4.45. The predicted molar refractivity (Wildman–Crippen MR) is 51.5 cm³/mol.